The van der Waals surface area contributed by atoms with Crippen LogP contribution in [0.15, 0.2) is 47.4 Å². The molecule has 1 aliphatic heterocycles. The molecular formula is C19H21N5O2. The number of benzene rings is 1. The minimum atomic E-state index is -0.252. The van der Waals surface area contributed by atoms with E-state index in [4.69, 9.17) is 0 Å². The molecular weight excluding hydrogens is 330 g/mol. The van der Waals surface area contributed by atoms with Crippen LogP contribution in [0.3, 0.4) is 0 Å². The Hall–Kier alpha value is -2.93. The van der Waals surface area contributed by atoms with Crippen LogP contribution in [0.2, 0.25) is 0 Å². The van der Waals surface area contributed by atoms with Crippen LogP contribution in [0.5, 0.6) is 0 Å². The van der Waals surface area contributed by atoms with Crippen LogP contribution in [0, 0.1) is 0 Å². The number of H-pyrrole nitrogens is 2. The second-order valence-corrected chi connectivity index (χ2v) is 6.59. The van der Waals surface area contributed by atoms with Gasteiger partial charge >= 0.3 is 5.69 Å². The van der Waals surface area contributed by atoms with Crippen LogP contribution in [0.25, 0.3) is 11.0 Å². The summed E-state index contributed by atoms with van der Waals surface area (Å²) in [5.74, 6) is -0.0334. The second kappa shape index (κ2) is 7.13. The van der Waals surface area contributed by atoms with Gasteiger partial charge in [-0.05, 0) is 49.7 Å². The van der Waals surface area contributed by atoms with Crippen molar-refractivity contribution in [3.05, 3.63) is 58.8 Å². The number of nitrogens with zero attached hydrogens (tertiary/aromatic N) is 2. The molecule has 4 rings (SSSR count). The highest BCUT2D eigenvalue weighted by molar-refractivity contribution is 5.93. The Bertz CT molecular complexity index is 963. The first-order valence-electron chi connectivity index (χ1n) is 8.86. The SMILES string of the molecule is O=C(CCN1CCC[C@H]1c1ccccn1)Nc1ccc2[nH]c(=O)[nH]c2c1. The molecule has 0 unspecified atom stereocenters. The molecule has 134 valence electrons. The number of fused-ring (bicyclic) bond motifs is 1. The van der Waals surface area contributed by atoms with Gasteiger partial charge in [0.05, 0.1) is 22.8 Å². The molecule has 3 aromatic rings. The third-order valence-electron chi connectivity index (χ3n) is 4.82. The van der Waals surface area contributed by atoms with Gasteiger partial charge in [-0.25, -0.2) is 4.79 Å². The van der Waals surface area contributed by atoms with Crippen LogP contribution in [-0.2, 0) is 4.79 Å². The molecule has 1 aromatic carbocycles. The summed E-state index contributed by atoms with van der Waals surface area (Å²) >= 11 is 0. The number of nitrogens with one attached hydrogen (secondary N) is 3. The van der Waals surface area contributed by atoms with E-state index in [0.717, 1.165) is 30.6 Å². The molecule has 3 N–H and O–H groups in total. The van der Waals surface area contributed by atoms with Crippen LogP contribution in [-0.4, -0.2) is 38.8 Å². The summed E-state index contributed by atoms with van der Waals surface area (Å²) in [6.45, 7) is 1.70. The Balaban J connectivity index is 1.36. The zero-order valence-corrected chi connectivity index (χ0v) is 14.4. The van der Waals surface area contributed by atoms with Crippen LogP contribution in [0.1, 0.15) is 31.0 Å². The van der Waals surface area contributed by atoms with Gasteiger partial charge in [-0.3, -0.25) is 14.7 Å². The number of amides is 1. The number of imidazole rings is 1. The van der Waals surface area contributed by atoms with E-state index < -0.39 is 0 Å². The van der Waals surface area contributed by atoms with Crippen molar-refractivity contribution in [1.82, 2.24) is 19.9 Å². The van der Waals surface area contributed by atoms with Crippen molar-refractivity contribution in [2.24, 2.45) is 0 Å². The Kier molecular flexibility index (Phi) is 4.53. The Morgan fingerprint density at radius 3 is 2.96 bits per heavy atom. The van der Waals surface area contributed by atoms with Gasteiger partial charge in [-0.15, -0.1) is 0 Å². The number of rotatable bonds is 5. The van der Waals surface area contributed by atoms with E-state index in [0.29, 0.717) is 30.2 Å². The van der Waals surface area contributed by atoms with Crippen molar-refractivity contribution >= 4 is 22.6 Å². The maximum absolute atomic E-state index is 12.3. The molecule has 7 heteroatoms. The standard InChI is InChI=1S/C19H21N5O2/c25-18(21-13-6-7-14-16(12-13)23-19(26)22-14)8-11-24-10-3-5-17(24)15-4-1-2-9-20-15/h1-2,4,6-7,9,12,17H,3,5,8,10-11H2,(H,21,25)(H2,22,23,26)/t17-/m0/s1. The first-order chi connectivity index (χ1) is 12.7. The van der Waals surface area contributed by atoms with Gasteiger partial charge in [0.25, 0.3) is 0 Å². The molecule has 0 radical (unpaired) electrons. The molecule has 1 amide bonds. The number of likely N-dealkylation sites (tertiary alicyclic amines) is 1. The molecule has 1 aliphatic rings. The normalized spacial score (nSPS) is 17.6. The molecule has 1 fully saturated rings. The molecule has 26 heavy (non-hydrogen) atoms. The third kappa shape index (κ3) is 3.52. The number of hydrogen-bond acceptors (Lipinski definition) is 4. The van der Waals surface area contributed by atoms with E-state index in [1.54, 1.807) is 18.2 Å². The molecule has 0 spiro atoms. The minimum absolute atomic E-state index is 0.0334. The second-order valence-electron chi connectivity index (χ2n) is 6.59. The number of carbonyl (C=O) groups excluding carboxylic acids is 1. The highest BCUT2D eigenvalue weighted by atomic mass is 16.1. The van der Waals surface area contributed by atoms with Gasteiger partial charge in [0, 0.05) is 24.8 Å². The van der Waals surface area contributed by atoms with E-state index in [1.807, 2.05) is 18.3 Å². The topological polar surface area (TPSA) is 93.9 Å². The Labute approximate surface area is 150 Å². The van der Waals surface area contributed by atoms with Gasteiger partial charge in [0.15, 0.2) is 0 Å². The zero-order valence-electron chi connectivity index (χ0n) is 14.4. The maximum atomic E-state index is 12.3. The van der Waals surface area contributed by atoms with Crippen molar-refractivity contribution in [2.45, 2.75) is 25.3 Å². The molecule has 1 saturated heterocycles. The Morgan fingerprint density at radius 2 is 2.12 bits per heavy atom. The summed E-state index contributed by atoms with van der Waals surface area (Å²) in [5, 5.41) is 2.90. The minimum Gasteiger partial charge on any atom is -0.326 e. The number of pyridine rings is 1. The smallest absolute Gasteiger partial charge is 0.323 e. The molecule has 0 aliphatic carbocycles. The van der Waals surface area contributed by atoms with Gasteiger partial charge in [-0.2, -0.15) is 0 Å². The fourth-order valence-corrected chi connectivity index (χ4v) is 3.58. The predicted molar refractivity (Wildman–Crippen MR) is 100.0 cm³/mol. The number of carbonyl (C=O) groups is 1. The predicted octanol–water partition coefficient (Wildman–Crippen LogP) is 2.42. The molecule has 7 nitrogen and oxygen atoms in total. The fourth-order valence-electron chi connectivity index (χ4n) is 3.58. The Morgan fingerprint density at radius 1 is 1.23 bits per heavy atom. The highest BCUT2D eigenvalue weighted by Gasteiger charge is 2.26. The summed E-state index contributed by atoms with van der Waals surface area (Å²) in [4.78, 5) is 35.8. The lowest BCUT2D eigenvalue weighted by Gasteiger charge is -2.23. The van der Waals surface area contributed by atoms with Crippen molar-refractivity contribution in [2.75, 3.05) is 18.4 Å². The van der Waals surface area contributed by atoms with Crippen LogP contribution < -0.4 is 11.0 Å². The zero-order chi connectivity index (χ0) is 17.9. The third-order valence-corrected chi connectivity index (χ3v) is 4.82. The molecule has 3 heterocycles. The average Bonchev–Trinajstić information content (AvgIpc) is 3.25. The van der Waals surface area contributed by atoms with E-state index >= 15 is 0 Å². The average molecular weight is 351 g/mol. The quantitative estimate of drug-likeness (QED) is 0.658. The molecule has 1 atom stereocenters. The van der Waals surface area contributed by atoms with Crippen molar-refractivity contribution in [3.63, 3.8) is 0 Å². The number of aromatic amines is 2. The molecule has 2 aromatic heterocycles. The highest BCUT2D eigenvalue weighted by Crippen LogP contribution is 2.30. The summed E-state index contributed by atoms with van der Waals surface area (Å²) in [7, 11) is 0. The maximum Gasteiger partial charge on any atom is 0.323 e. The lowest BCUT2D eigenvalue weighted by Crippen LogP contribution is -2.28. The van der Waals surface area contributed by atoms with Gasteiger partial charge in [-0.1, -0.05) is 6.07 Å². The number of aromatic nitrogens is 3. The fraction of sp³-hybridized carbons (Fsp3) is 0.316. The first-order valence-corrected chi connectivity index (χ1v) is 8.86. The lowest BCUT2D eigenvalue weighted by atomic mass is 10.1. The number of hydrogen-bond donors (Lipinski definition) is 3. The summed E-state index contributed by atoms with van der Waals surface area (Å²) in [5.41, 5.74) is 2.91. The van der Waals surface area contributed by atoms with Crippen LogP contribution >= 0.6 is 0 Å². The summed E-state index contributed by atoms with van der Waals surface area (Å²) in [6, 6.07) is 11.6. The molecule has 0 bridgehead atoms. The van der Waals surface area contributed by atoms with Gasteiger partial charge in [0.2, 0.25) is 5.91 Å². The van der Waals surface area contributed by atoms with E-state index in [-0.39, 0.29) is 11.6 Å². The van der Waals surface area contributed by atoms with Crippen LogP contribution in [0.4, 0.5) is 5.69 Å². The van der Waals surface area contributed by atoms with Crippen molar-refractivity contribution < 1.29 is 4.79 Å². The van der Waals surface area contributed by atoms with E-state index in [2.05, 4.69) is 31.2 Å². The lowest BCUT2D eigenvalue weighted by molar-refractivity contribution is -0.116. The van der Waals surface area contributed by atoms with E-state index in [9.17, 15) is 9.59 Å². The van der Waals surface area contributed by atoms with Crippen molar-refractivity contribution in [1.29, 1.82) is 0 Å². The summed E-state index contributed by atoms with van der Waals surface area (Å²) < 4.78 is 0. The largest absolute Gasteiger partial charge is 0.326 e. The summed E-state index contributed by atoms with van der Waals surface area (Å²) in [6.07, 6.45) is 4.45. The van der Waals surface area contributed by atoms with E-state index in [1.165, 1.54) is 0 Å². The molecule has 0 saturated carbocycles. The number of anilines is 1. The monoisotopic (exact) mass is 351 g/mol. The first kappa shape index (κ1) is 16.5. The van der Waals surface area contributed by atoms with Gasteiger partial charge in [0.1, 0.15) is 0 Å². The van der Waals surface area contributed by atoms with Crippen molar-refractivity contribution in [3.8, 4) is 0 Å². The van der Waals surface area contributed by atoms with Gasteiger partial charge < -0.3 is 15.3 Å².